The second kappa shape index (κ2) is 12.2. The van der Waals surface area contributed by atoms with Gasteiger partial charge in [-0.25, -0.2) is 9.67 Å². The van der Waals surface area contributed by atoms with Crippen molar-refractivity contribution in [2.45, 2.75) is 44.7 Å². The number of aromatic nitrogens is 4. The Morgan fingerprint density at radius 2 is 1.77 bits per heavy atom. The van der Waals surface area contributed by atoms with E-state index in [-0.39, 0.29) is 12.5 Å². The third-order valence-electron chi connectivity index (χ3n) is 7.05. The van der Waals surface area contributed by atoms with Crippen LogP contribution in [0.5, 0.6) is 5.75 Å². The van der Waals surface area contributed by atoms with Gasteiger partial charge in [0.1, 0.15) is 5.75 Å². The molecule has 1 aliphatic carbocycles. The lowest BCUT2D eigenvalue weighted by Gasteiger charge is -2.28. The molecular weight excluding hydrogens is 514 g/mol. The van der Waals surface area contributed by atoms with Crippen LogP contribution in [0.2, 0.25) is 5.02 Å². The summed E-state index contributed by atoms with van der Waals surface area (Å²) < 4.78 is 7.09. The first kappa shape index (κ1) is 26.6. The van der Waals surface area contributed by atoms with E-state index in [0.717, 1.165) is 42.4 Å². The summed E-state index contributed by atoms with van der Waals surface area (Å²) in [5, 5.41) is 5.24. The van der Waals surface area contributed by atoms with Gasteiger partial charge in [-0.2, -0.15) is 5.10 Å². The van der Waals surface area contributed by atoms with E-state index in [0.29, 0.717) is 35.5 Å². The standard InChI is InChI=1S/C30H30ClN5O3/c1-39-27-12-11-23(20-25(27)31)29-33-28(22-13-15-32-16-14-22)34-36(29)18-17-35(24-9-5-6-10-24)30(38)26(37)19-21-7-3-2-4-8-21/h2-4,7-8,11-16,20,24H,5-6,9-10,17-19H2,1H3. The van der Waals surface area contributed by atoms with Gasteiger partial charge >= 0.3 is 0 Å². The summed E-state index contributed by atoms with van der Waals surface area (Å²) in [5.41, 5.74) is 2.43. The average molecular weight is 544 g/mol. The van der Waals surface area contributed by atoms with Gasteiger partial charge in [-0.05, 0) is 48.7 Å². The van der Waals surface area contributed by atoms with Crippen LogP contribution < -0.4 is 4.74 Å². The van der Waals surface area contributed by atoms with Gasteiger partial charge in [-0.15, -0.1) is 0 Å². The number of methoxy groups -OCH3 is 1. The zero-order chi connectivity index (χ0) is 27.2. The Morgan fingerprint density at radius 3 is 2.46 bits per heavy atom. The van der Waals surface area contributed by atoms with Crippen LogP contribution in [0.25, 0.3) is 22.8 Å². The van der Waals surface area contributed by atoms with Crippen LogP contribution in [-0.4, -0.2) is 56.0 Å². The summed E-state index contributed by atoms with van der Waals surface area (Å²) >= 11 is 6.43. The lowest BCUT2D eigenvalue weighted by Crippen LogP contribution is -2.45. The molecule has 0 atom stereocenters. The SMILES string of the molecule is COc1ccc(-c2nc(-c3ccncc3)nn2CCN(C(=O)C(=O)Cc2ccccc2)C2CCCC2)cc1Cl. The molecule has 4 aromatic rings. The molecule has 2 heterocycles. The molecule has 39 heavy (non-hydrogen) atoms. The molecule has 0 saturated heterocycles. The van der Waals surface area contributed by atoms with Gasteiger partial charge in [0.15, 0.2) is 11.6 Å². The van der Waals surface area contributed by atoms with Crippen LogP contribution in [0, 0.1) is 0 Å². The maximum atomic E-state index is 13.4. The summed E-state index contributed by atoms with van der Waals surface area (Å²) in [6.45, 7) is 0.720. The summed E-state index contributed by atoms with van der Waals surface area (Å²) in [6, 6.07) is 18.6. The number of ketones is 1. The normalized spacial score (nSPS) is 13.4. The van der Waals surface area contributed by atoms with Crippen molar-refractivity contribution in [1.82, 2.24) is 24.6 Å². The number of ether oxygens (including phenoxy) is 1. The highest BCUT2D eigenvalue weighted by molar-refractivity contribution is 6.36. The zero-order valence-corrected chi connectivity index (χ0v) is 22.6. The number of pyridine rings is 1. The third-order valence-corrected chi connectivity index (χ3v) is 7.34. The minimum atomic E-state index is -0.436. The van der Waals surface area contributed by atoms with E-state index in [1.54, 1.807) is 41.2 Å². The molecule has 1 aliphatic rings. The van der Waals surface area contributed by atoms with Crippen molar-refractivity contribution in [3.05, 3.63) is 83.6 Å². The van der Waals surface area contributed by atoms with E-state index in [9.17, 15) is 9.59 Å². The molecule has 0 unspecified atom stereocenters. The highest BCUT2D eigenvalue weighted by Gasteiger charge is 2.30. The number of carbonyl (C=O) groups excluding carboxylic acids is 2. The molecule has 1 fully saturated rings. The number of amides is 1. The van der Waals surface area contributed by atoms with Gasteiger partial charge in [-0.3, -0.25) is 14.6 Å². The van der Waals surface area contributed by atoms with Gasteiger partial charge in [0.2, 0.25) is 5.78 Å². The van der Waals surface area contributed by atoms with Crippen molar-refractivity contribution in [2.75, 3.05) is 13.7 Å². The molecule has 9 heteroatoms. The van der Waals surface area contributed by atoms with Crippen molar-refractivity contribution in [3.8, 4) is 28.5 Å². The maximum absolute atomic E-state index is 13.4. The van der Waals surface area contributed by atoms with E-state index >= 15 is 0 Å². The number of Topliss-reactive ketones (excluding diaryl/α,β-unsaturated/α-hetero) is 1. The Labute approximate surface area is 232 Å². The topological polar surface area (TPSA) is 90.2 Å². The fourth-order valence-electron chi connectivity index (χ4n) is 5.03. The quantitative estimate of drug-likeness (QED) is 0.254. The lowest BCUT2D eigenvalue weighted by atomic mass is 10.1. The van der Waals surface area contributed by atoms with E-state index in [1.807, 2.05) is 48.5 Å². The monoisotopic (exact) mass is 543 g/mol. The number of nitrogens with zero attached hydrogens (tertiary/aromatic N) is 5. The summed E-state index contributed by atoms with van der Waals surface area (Å²) in [4.78, 5) is 37.1. The van der Waals surface area contributed by atoms with Crippen molar-refractivity contribution < 1.29 is 14.3 Å². The fraction of sp³-hybridized carbons (Fsp3) is 0.300. The Morgan fingerprint density at radius 1 is 1.03 bits per heavy atom. The molecule has 0 spiro atoms. The smallest absolute Gasteiger partial charge is 0.290 e. The first-order valence-electron chi connectivity index (χ1n) is 13.1. The number of benzene rings is 2. The molecule has 8 nitrogen and oxygen atoms in total. The van der Waals surface area contributed by atoms with Crippen molar-refractivity contribution in [1.29, 1.82) is 0 Å². The van der Waals surface area contributed by atoms with E-state index in [4.69, 9.17) is 26.4 Å². The lowest BCUT2D eigenvalue weighted by molar-refractivity contribution is -0.146. The molecule has 1 amide bonds. The second-order valence-electron chi connectivity index (χ2n) is 9.59. The summed E-state index contributed by atoms with van der Waals surface area (Å²) in [6.07, 6.45) is 7.36. The molecule has 0 radical (unpaired) electrons. The highest BCUT2D eigenvalue weighted by Crippen LogP contribution is 2.31. The number of hydrogen-bond donors (Lipinski definition) is 0. The minimum absolute atomic E-state index is 0.0410. The molecule has 200 valence electrons. The van der Waals surface area contributed by atoms with Gasteiger partial charge in [0, 0.05) is 42.5 Å². The minimum Gasteiger partial charge on any atom is -0.495 e. The van der Waals surface area contributed by atoms with Crippen LogP contribution in [-0.2, 0) is 22.6 Å². The average Bonchev–Trinajstić information content (AvgIpc) is 3.65. The molecule has 5 rings (SSSR count). The van der Waals surface area contributed by atoms with Crippen LogP contribution >= 0.6 is 11.6 Å². The van der Waals surface area contributed by atoms with Gasteiger partial charge in [-0.1, -0.05) is 54.8 Å². The molecule has 0 bridgehead atoms. The fourth-order valence-corrected chi connectivity index (χ4v) is 5.28. The predicted molar refractivity (Wildman–Crippen MR) is 149 cm³/mol. The maximum Gasteiger partial charge on any atom is 0.290 e. The van der Waals surface area contributed by atoms with Gasteiger partial charge in [0.05, 0.1) is 18.7 Å². The summed E-state index contributed by atoms with van der Waals surface area (Å²) in [5.74, 6) is 0.885. The van der Waals surface area contributed by atoms with Crippen LogP contribution in [0.4, 0.5) is 0 Å². The highest BCUT2D eigenvalue weighted by atomic mass is 35.5. The van der Waals surface area contributed by atoms with Crippen LogP contribution in [0.1, 0.15) is 31.2 Å². The van der Waals surface area contributed by atoms with Gasteiger partial charge < -0.3 is 9.64 Å². The first-order valence-corrected chi connectivity index (χ1v) is 13.5. The largest absolute Gasteiger partial charge is 0.495 e. The van der Waals surface area contributed by atoms with Crippen LogP contribution in [0.15, 0.2) is 73.1 Å². The third kappa shape index (κ3) is 6.17. The number of rotatable bonds is 10. The van der Waals surface area contributed by atoms with Gasteiger partial charge in [0.25, 0.3) is 5.91 Å². The molecule has 2 aromatic carbocycles. The van der Waals surface area contributed by atoms with Crippen molar-refractivity contribution in [2.24, 2.45) is 0 Å². The van der Waals surface area contributed by atoms with E-state index in [2.05, 4.69) is 4.98 Å². The Balaban J connectivity index is 1.43. The Bertz CT molecular complexity index is 1440. The molecule has 0 aliphatic heterocycles. The molecular formula is C30H30ClN5O3. The molecule has 0 N–H and O–H groups in total. The summed E-state index contributed by atoms with van der Waals surface area (Å²) in [7, 11) is 1.57. The first-order chi connectivity index (χ1) is 19.0. The zero-order valence-electron chi connectivity index (χ0n) is 21.8. The Hall–Kier alpha value is -4.04. The molecule has 2 aromatic heterocycles. The van der Waals surface area contributed by atoms with E-state index < -0.39 is 11.7 Å². The van der Waals surface area contributed by atoms with Crippen molar-refractivity contribution in [3.63, 3.8) is 0 Å². The molecule has 1 saturated carbocycles. The van der Waals surface area contributed by atoms with Crippen LogP contribution in [0.3, 0.4) is 0 Å². The van der Waals surface area contributed by atoms with E-state index in [1.165, 1.54) is 0 Å². The predicted octanol–water partition coefficient (Wildman–Crippen LogP) is 5.25. The Kier molecular flexibility index (Phi) is 8.32. The number of hydrogen-bond acceptors (Lipinski definition) is 6. The van der Waals surface area contributed by atoms with Crippen molar-refractivity contribution >= 4 is 23.3 Å². The number of halogens is 1. The second-order valence-corrected chi connectivity index (χ2v) is 10.00. The number of carbonyl (C=O) groups is 2.